The van der Waals surface area contributed by atoms with E-state index in [1.807, 2.05) is 6.08 Å². The minimum Gasteiger partial charge on any atom is -0.295 e. The zero-order valence-electron chi connectivity index (χ0n) is 9.97. The molecule has 2 fully saturated rings. The Kier molecular flexibility index (Phi) is 1.64. The van der Waals surface area contributed by atoms with Crippen molar-refractivity contribution in [3.8, 4) is 0 Å². The molecule has 3 aliphatic rings. The Balaban J connectivity index is 2.15. The van der Waals surface area contributed by atoms with Gasteiger partial charge in [-0.25, -0.2) is 0 Å². The van der Waals surface area contributed by atoms with Crippen LogP contribution in [-0.2, 0) is 4.79 Å². The highest BCUT2D eigenvalue weighted by Crippen LogP contribution is 2.68. The van der Waals surface area contributed by atoms with Crippen molar-refractivity contribution in [3.05, 3.63) is 11.6 Å². The predicted molar refractivity (Wildman–Crippen MR) is 60.4 cm³/mol. The number of allylic oxidation sites excluding steroid dienone is 2. The van der Waals surface area contributed by atoms with Crippen molar-refractivity contribution in [2.75, 3.05) is 0 Å². The van der Waals surface area contributed by atoms with E-state index < -0.39 is 0 Å². The molecule has 3 atom stereocenters. The van der Waals surface area contributed by atoms with Crippen LogP contribution < -0.4 is 0 Å². The molecule has 2 unspecified atom stereocenters. The van der Waals surface area contributed by atoms with Crippen molar-refractivity contribution in [2.45, 2.75) is 46.5 Å². The van der Waals surface area contributed by atoms with Gasteiger partial charge in [0.1, 0.15) is 0 Å². The van der Waals surface area contributed by atoms with Crippen LogP contribution in [0.1, 0.15) is 46.5 Å². The number of hydrogen-bond acceptors (Lipinski definition) is 1. The normalized spacial score (nSPS) is 46.6. The van der Waals surface area contributed by atoms with Gasteiger partial charge in [0.2, 0.25) is 0 Å². The van der Waals surface area contributed by atoms with Crippen molar-refractivity contribution < 1.29 is 4.79 Å². The highest BCUT2D eigenvalue weighted by molar-refractivity contribution is 5.95. The second kappa shape index (κ2) is 2.56. The summed E-state index contributed by atoms with van der Waals surface area (Å²) in [4.78, 5) is 11.7. The van der Waals surface area contributed by atoms with E-state index in [0.29, 0.717) is 23.0 Å². The zero-order chi connectivity index (χ0) is 10.8. The van der Waals surface area contributed by atoms with E-state index in [1.165, 1.54) is 24.8 Å². The maximum absolute atomic E-state index is 11.7. The second-order valence-electron chi connectivity index (χ2n) is 6.60. The van der Waals surface area contributed by atoms with E-state index in [4.69, 9.17) is 0 Å². The van der Waals surface area contributed by atoms with Gasteiger partial charge in [-0.2, -0.15) is 0 Å². The van der Waals surface area contributed by atoms with Gasteiger partial charge in [-0.1, -0.05) is 26.3 Å². The van der Waals surface area contributed by atoms with Crippen LogP contribution in [0.4, 0.5) is 0 Å². The number of hydrogen-bond donors (Lipinski definition) is 0. The van der Waals surface area contributed by atoms with E-state index in [1.54, 1.807) is 0 Å². The summed E-state index contributed by atoms with van der Waals surface area (Å²) in [6.45, 7) is 7.13. The molecule has 82 valence electrons. The average Bonchev–Trinajstić information content (AvgIpc) is 2.47. The van der Waals surface area contributed by atoms with Gasteiger partial charge in [0, 0.05) is 11.8 Å². The Hall–Kier alpha value is -0.590. The van der Waals surface area contributed by atoms with Crippen LogP contribution >= 0.6 is 0 Å². The summed E-state index contributed by atoms with van der Waals surface area (Å²) in [6, 6.07) is 0. The molecular weight excluding hydrogens is 184 g/mol. The van der Waals surface area contributed by atoms with E-state index in [0.717, 1.165) is 6.42 Å². The second-order valence-corrected chi connectivity index (χ2v) is 6.60. The Morgan fingerprint density at radius 1 is 1.33 bits per heavy atom. The highest BCUT2D eigenvalue weighted by atomic mass is 16.1. The van der Waals surface area contributed by atoms with Crippen LogP contribution in [-0.4, -0.2) is 5.78 Å². The molecule has 0 saturated heterocycles. The molecular formula is C14H20O. The molecule has 1 heteroatoms. The molecule has 0 heterocycles. The van der Waals surface area contributed by atoms with Gasteiger partial charge >= 0.3 is 0 Å². The molecule has 0 N–H and O–H groups in total. The first kappa shape index (κ1) is 9.62. The smallest absolute Gasteiger partial charge is 0.156 e. The van der Waals surface area contributed by atoms with Gasteiger partial charge < -0.3 is 0 Å². The number of carbonyl (C=O) groups excluding carboxylic acids is 1. The molecule has 0 amide bonds. The maximum Gasteiger partial charge on any atom is 0.156 e. The largest absolute Gasteiger partial charge is 0.295 e. The molecule has 3 aliphatic carbocycles. The van der Waals surface area contributed by atoms with Crippen LogP contribution in [0.15, 0.2) is 11.6 Å². The molecule has 0 spiro atoms. The molecule has 0 aromatic heterocycles. The van der Waals surface area contributed by atoms with Crippen molar-refractivity contribution in [1.29, 1.82) is 0 Å². The number of rotatable bonds is 0. The van der Waals surface area contributed by atoms with Crippen LogP contribution in [0.2, 0.25) is 0 Å². The first-order valence-electron chi connectivity index (χ1n) is 6.21. The average molecular weight is 204 g/mol. The first-order chi connectivity index (χ1) is 6.96. The predicted octanol–water partition coefficient (Wildman–Crippen LogP) is 3.35. The Morgan fingerprint density at radius 2 is 2.07 bits per heavy atom. The monoisotopic (exact) mass is 204 g/mol. The zero-order valence-corrected chi connectivity index (χ0v) is 9.97. The Morgan fingerprint density at radius 3 is 2.73 bits per heavy atom. The molecule has 0 aromatic carbocycles. The van der Waals surface area contributed by atoms with Gasteiger partial charge in [0.25, 0.3) is 0 Å². The van der Waals surface area contributed by atoms with Crippen molar-refractivity contribution in [2.24, 2.45) is 22.7 Å². The van der Waals surface area contributed by atoms with Crippen LogP contribution in [0.3, 0.4) is 0 Å². The summed E-state index contributed by atoms with van der Waals surface area (Å²) in [5.41, 5.74) is 2.23. The van der Waals surface area contributed by atoms with E-state index in [2.05, 4.69) is 20.8 Å². The third kappa shape index (κ3) is 1.02. The lowest BCUT2D eigenvalue weighted by molar-refractivity contribution is -0.115. The van der Waals surface area contributed by atoms with Gasteiger partial charge in [0.15, 0.2) is 5.78 Å². The maximum atomic E-state index is 11.7. The van der Waals surface area contributed by atoms with Crippen LogP contribution in [0.5, 0.6) is 0 Å². The first-order valence-corrected chi connectivity index (χ1v) is 6.21. The van der Waals surface area contributed by atoms with Gasteiger partial charge in [-0.05, 0) is 42.6 Å². The lowest BCUT2D eigenvalue weighted by atomic mass is 9.66. The fourth-order valence-corrected chi connectivity index (χ4v) is 4.62. The SMILES string of the molecule is CC1CCC2C3=CC(=O)C[C@]31CC2(C)C. The van der Waals surface area contributed by atoms with Crippen LogP contribution in [0, 0.1) is 22.7 Å². The highest BCUT2D eigenvalue weighted by Gasteiger charge is 2.60. The molecule has 1 nitrogen and oxygen atoms in total. The van der Waals surface area contributed by atoms with E-state index >= 15 is 0 Å². The standard InChI is InChI=1S/C14H20O/c1-9-4-5-11-12-6-10(15)7-14(9,12)8-13(11,2)3/h6,9,11H,4-5,7-8H2,1-3H3/t9?,11?,14-/m1/s1. The minimum absolute atomic E-state index is 0.281. The third-order valence-corrected chi connectivity index (χ3v) is 5.30. The van der Waals surface area contributed by atoms with Gasteiger partial charge in [-0.3, -0.25) is 4.79 Å². The van der Waals surface area contributed by atoms with Gasteiger partial charge in [-0.15, -0.1) is 0 Å². The van der Waals surface area contributed by atoms with Crippen LogP contribution in [0.25, 0.3) is 0 Å². The molecule has 0 aromatic rings. The summed E-state index contributed by atoms with van der Waals surface area (Å²) >= 11 is 0. The summed E-state index contributed by atoms with van der Waals surface area (Å²) in [6.07, 6.45) is 6.66. The summed E-state index contributed by atoms with van der Waals surface area (Å²) < 4.78 is 0. The fraction of sp³-hybridized carbons (Fsp3) is 0.786. The topological polar surface area (TPSA) is 17.1 Å². The van der Waals surface area contributed by atoms with E-state index in [9.17, 15) is 4.79 Å². The molecule has 15 heavy (non-hydrogen) atoms. The quantitative estimate of drug-likeness (QED) is 0.591. The third-order valence-electron chi connectivity index (χ3n) is 5.30. The van der Waals surface area contributed by atoms with Gasteiger partial charge in [0.05, 0.1) is 0 Å². The van der Waals surface area contributed by atoms with E-state index in [-0.39, 0.29) is 5.41 Å². The van der Waals surface area contributed by atoms with Crippen molar-refractivity contribution >= 4 is 5.78 Å². The number of carbonyl (C=O) groups is 1. The molecule has 3 rings (SSSR count). The summed E-state index contributed by atoms with van der Waals surface area (Å²) in [5, 5.41) is 0. The molecule has 0 radical (unpaired) electrons. The minimum atomic E-state index is 0.281. The summed E-state index contributed by atoms with van der Waals surface area (Å²) in [5.74, 6) is 1.80. The Labute approximate surface area is 91.9 Å². The molecule has 0 aliphatic heterocycles. The lowest BCUT2D eigenvalue weighted by Crippen LogP contribution is -2.30. The van der Waals surface area contributed by atoms with Crippen molar-refractivity contribution in [3.63, 3.8) is 0 Å². The fourth-order valence-electron chi connectivity index (χ4n) is 4.62. The number of ketones is 1. The molecule has 2 saturated carbocycles. The van der Waals surface area contributed by atoms with Crippen molar-refractivity contribution in [1.82, 2.24) is 0 Å². The summed E-state index contributed by atoms with van der Waals surface area (Å²) in [7, 11) is 0. The Bertz CT molecular complexity index is 364. The molecule has 2 bridgehead atoms. The lowest BCUT2D eigenvalue weighted by Gasteiger charge is -2.38.